The number of carbonyl (C=O) groups excluding carboxylic acids is 1. The molecule has 1 heterocycles. The minimum atomic E-state index is -0.883. The molecule has 16 heavy (non-hydrogen) atoms. The molecular formula is C11H19NO3S. The topological polar surface area (TPSA) is 57.6 Å². The van der Waals surface area contributed by atoms with Crippen molar-refractivity contribution in [3.63, 3.8) is 0 Å². The fraction of sp³-hybridized carbons (Fsp3) is 0.818. The van der Waals surface area contributed by atoms with E-state index in [9.17, 15) is 9.59 Å². The lowest BCUT2D eigenvalue weighted by Gasteiger charge is -2.36. The van der Waals surface area contributed by atoms with Crippen LogP contribution < -0.4 is 0 Å². The van der Waals surface area contributed by atoms with Crippen LogP contribution in [0.4, 0.5) is 4.79 Å². The summed E-state index contributed by atoms with van der Waals surface area (Å²) in [5.41, 5.74) is -0.137. The molecule has 0 aromatic carbocycles. The molecule has 1 fully saturated rings. The van der Waals surface area contributed by atoms with Crippen LogP contribution in [0.25, 0.3) is 0 Å². The van der Waals surface area contributed by atoms with Crippen LogP contribution >= 0.6 is 11.8 Å². The molecule has 4 nitrogen and oxygen atoms in total. The summed E-state index contributed by atoms with van der Waals surface area (Å²) in [6.07, 6.45) is -0.120. The number of carboxylic acid groups (broad SMARTS) is 1. The van der Waals surface area contributed by atoms with E-state index in [-0.39, 0.29) is 21.8 Å². The Balaban J connectivity index is 2.88. The molecule has 0 saturated carbocycles. The van der Waals surface area contributed by atoms with Crippen LogP contribution in [-0.2, 0) is 4.79 Å². The summed E-state index contributed by atoms with van der Waals surface area (Å²) in [7, 11) is 0. The first kappa shape index (κ1) is 13.4. The number of hydrogen-bond donors (Lipinski definition) is 1. The first-order valence-corrected chi connectivity index (χ1v) is 6.28. The third-order valence-corrected chi connectivity index (χ3v) is 3.92. The first-order chi connectivity index (χ1) is 7.23. The van der Waals surface area contributed by atoms with Crippen molar-refractivity contribution >= 4 is 23.0 Å². The maximum absolute atomic E-state index is 11.1. The van der Waals surface area contributed by atoms with E-state index in [0.717, 1.165) is 6.42 Å². The van der Waals surface area contributed by atoms with Crippen molar-refractivity contribution in [2.24, 2.45) is 5.41 Å². The van der Waals surface area contributed by atoms with Crippen LogP contribution in [0.3, 0.4) is 0 Å². The molecule has 0 aromatic rings. The maximum atomic E-state index is 11.1. The molecule has 1 unspecified atom stereocenters. The number of rotatable bonds is 1. The predicted octanol–water partition coefficient (Wildman–Crippen LogP) is 2.43. The summed E-state index contributed by atoms with van der Waals surface area (Å²) in [4.78, 5) is 23.7. The highest BCUT2D eigenvalue weighted by molar-refractivity contribution is 8.14. The van der Waals surface area contributed by atoms with Gasteiger partial charge >= 0.3 is 6.09 Å². The van der Waals surface area contributed by atoms with Gasteiger partial charge in [-0.15, -0.1) is 0 Å². The lowest BCUT2D eigenvalue weighted by molar-refractivity contribution is -0.109. The van der Waals surface area contributed by atoms with Crippen molar-refractivity contribution in [1.82, 2.24) is 4.90 Å². The normalized spacial score (nSPS) is 25.9. The van der Waals surface area contributed by atoms with Gasteiger partial charge in [0.15, 0.2) is 5.12 Å². The smallest absolute Gasteiger partial charge is 0.407 e. The second kappa shape index (κ2) is 4.65. The van der Waals surface area contributed by atoms with E-state index in [1.54, 1.807) is 0 Å². The Morgan fingerprint density at radius 1 is 1.38 bits per heavy atom. The third kappa shape index (κ3) is 2.90. The van der Waals surface area contributed by atoms with Crippen LogP contribution in [0.2, 0.25) is 0 Å². The molecule has 92 valence electrons. The Hall–Kier alpha value is -0.710. The number of carbonyl (C=O) groups is 2. The number of amides is 1. The molecule has 1 aliphatic rings. The molecule has 1 rings (SSSR count). The Labute approximate surface area is 100 Å². The Bertz CT molecular complexity index is 298. The van der Waals surface area contributed by atoms with Crippen molar-refractivity contribution in [2.75, 3.05) is 6.54 Å². The van der Waals surface area contributed by atoms with Crippen LogP contribution in [-0.4, -0.2) is 39.1 Å². The van der Waals surface area contributed by atoms with Gasteiger partial charge in [-0.2, -0.15) is 0 Å². The highest BCUT2D eigenvalue weighted by Crippen LogP contribution is 2.39. The first-order valence-electron chi connectivity index (χ1n) is 5.40. The van der Waals surface area contributed by atoms with Gasteiger partial charge < -0.3 is 10.0 Å². The number of thioether (sulfide) groups is 1. The molecule has 0 aromatic heterocycles. The zero-order chi connectivity index (χ0) is 12.5. The molecule has 1 saturated heterocycles. The van der Waals surface area contributed by atoms with E-state index in [0.29, 0.717) is 6.54 Å². The second-order valence-electron chi connectivity index (χ2n) is 5.22. The van der Waals surface area contributed by atoms with Gasteiger partial charge in [-0.05, 0) is 11.8 Å². The quantitative estimate of drug-likeness (QED) is 0.771. The van der Waals surface area contributed by atoms with Gasteiger partial charge in [0.25, 0.3) is 0 Å². The highest BCUT2D eigenvalue weighted by Gasteiger charge is 2.44. The summed E-state index contributed by atoms with van der Waals surface area (Å²) >= 11 is 1.27. The van der Waals surface area contributed by atoms with Crippen molar-refractivity contribution in [3.8, 4) is 0 Å². The van der Waals surface area contributed by atoms with Gasteiger partial charge in [0.1, 0.15) is 0 Å². The van der Waals surface area contributed by atoms with Crippen molar-refractivity contribution < 1.29 is 14.7 Å². The Morgan fingerprint density at radius 3 is 2.31 bits per heavy atom. The molecular weight excluding hydrogens is 226 g/mol. The van der Waals surface area contributed by atoms with Crippen LogP contribution in [0.15, 0.2) is 0 Å². The van der Waals surface area contributed by atoms with Crippen LogP contribution in [0, 0.1) is 5.41 Å². The SMILES string of the molecule is CC(=O)S[C@@H]1CCN(C(=O)O)C1C(C)(C)C. The van der Waals surface area contributed by atoms with Gasteiger partial charge in [0, 0.05) is 18.7 Å². The van der Waals surface area contributed by atoms with E-state index in [1.165, 1.54) is 23.6 Å². The number of likely N-dealkylation sites (tertiary alicyclic amines) is 1. The van der Waals surface area contributed by atoms with Gasteiger partial charge in [0.05, 0.1) is 6.04 Å². The highest BCUT2D eigenvalue weighted by atomic mass is 32.2. The summed E-state index contributed by atoms with van der Waals surface area (Å²) in [6.45, 7) is 8.13. The fourth-order valence-electron chi connectivity index (χ4n) is 2.34. The molecule has 1 aliphatic heterocycles. The minimum Gasteiger partial charge on any atom is -0.465 e. The number of hydrogen-bond acceptors (Lipinski definition) is 3. The molecule has 0 spiro atoms. The third-order valence-electron chi connectivity index (χ3n) is 2.79. The lowest BCUT2D eigenvalue weighted by Crippen LogP contribution is -2.46. The van der Waals surface area contributed by atoms with E-state index < -0.39 is 6.09 Å². The zero-order valence-corrected chi connectivity index (χ0v) is 11.0. The van der Waals surface area contributed by atoms with Crippen molar-refractivity contribution in [2.45, 2.75) is 45.4 Å². The van der Waals surface area contributed by atoms with Crippen LogP contribution in [0.5, 0.6) is 0 Å². The number of nitrogens with zero attached hydrogens (tertiary/aromatic N) is 1. The van der Waals surface area contributed by atoms with Crippen molar-refractivity contribution in [3.05, 3.63) is 0 Å². The standard InChI is InChI=1S/C11H19NO3S/c1-7(13)16-8-5-6-12(10(14)15)9(8)11(2,3)4/h8-9H,5-6H2,1-4H3,(H,14,15)/t8-,9?/m1/s1. The Morgan fingerprint density at radius 2 is 1.94 bits per heavy atom. The lowest BCUT2D eigenvalue weighted by atomic mass is 9.85. The largest absolute Gasteiger partial charge is 0.465 e. The zero-order valence-electron chi connectivity index (χ0n) is 10.2. The van der Waals surface area contributed by atoms with Crippen LogP contribution in [0.1, 0.15) is 34.1 Å². The minimum absolute atomic E-state index is 0.0616. The second-order valence-corrected chi connectivity index (χ2v) is 6.64. The van der Waals surface area contributed by atoms with E-state index in [1.807, 2.05) is 20.8 Å². The summed E-state index contributed by atoms with van der Waals surface area (Å²) in [6, 6.07) is -0.0844. The summed E-state index contributed by atoms with van der Waals surface area (Å²) in [5, 5.41) is 9.28. The molecule has 2 atom stereocenters. The van der Waals surface area contributed by atoms with E-state index in [2.05, 4.69) is 0 Å². The van der Waals surface area contributed by atoms with Gasteiger partial charge in [0.2, 0.25) is 0 Å². The van der Waals surface area contributed by atoms with Gasteiger partial charge in [-0.1, -0.05) is 32.5 Å². The van der Waals surface area contributed by atoms with E-state index >= 15 is 0 Å². The average molecular weight is 245 g/mol. The van der Waals surface area contributed by atoms with E-state index in [4.69, 9.17) is 5.11 Å². The molecule has 5 heteroatoms. The molecule has 1 amide bonds. The maximum Gasteiger partial charge on any atom is 0.407 e. The van der Waals surface area contributed by atoms with Gasteiger partial charge in [-0.3, -0.25) is 4.79 Å². The van der Waals surface area contributed by atoms with Crippen molar-refractivity contribution in [1.29, 1.82) is 0 Å². The predicted molar refractivity (Wildman–Crippen MR) is 64.7 cm³/mol. The molecule has 1 N–H and O–H groups in total. The monoisotopic (exact) mass is 245 g/mol. The average Bonchev–Trinajstić information content (AvgIpc) is 2.45. The van der Waals surface area contributed by atoms with Gasteiger partial charge in [-0.25, -0.2) is 4.79 Å². The fourth-order valence-corrected chi connectivity index (χ4v) is 3.67. The Kier molecular flexibility index (Phi) is 3.88. The molecule has 0 aliphatic carbocycles. The summed E-state index contributed by atoms with van der Waals surface area (Å²) < 4.78 is 0. The molecule has 0 bridgehead atoms. The molecule has 0 radical (unpaired) electrons. The summed E-state index contributed by atoms with van der Waals surface area (Å²) in [5.74, 6) is 0.